The molecule has 0 unspecified atom stereocenters. The topological polar surface area (TPSA) is 370 Å². The number of nitrogens with zero attached hydrogens (tertiary/aromatic N) is 14. The highest BCUT2D eigenvalue weighted by atomic mass is 32.3. The van der Waals surface area contributed by atoms with Crippen LogP contribution in [0.2, 0.25) is 0 Å². The number of H-pyrrole nitrogens is 1. The number of benzene rings is 9. The molecule has 1 aliphatic heterocycles. The number of alkyl halides is 6. The summed E-state index contributed by atoms with van der Waals surface area (Å²) in [6.45, 7) is 8.23. The summed E-state index contributed by atoms with van der Waals surface area (Å²) in [6.07, 6.45) is 8.84. The van der Waals surface area contributed by atoms with Crippen molar-refractivity contribution in [3.8, 4) is 86.1 Å². The number of aryl methyl sites for hydroxylation is 3. The Morgan fingerprint density at radius 2 is 0.901 bits per heavy atom. The number of methoxy groups -OCH3 is 3. The first kappa shape index (κ1) is 92.1. The summed E-state index contributed by atoms with van der Waals surface area (Å²) in [5.74, 6) is -1.94. The number of para-hydroxylation sites is 3. The second kappa shape index (κ2) is 35.5. The Labute approximate surface area is 739 Å². The van der Waals surface area contributed by atoms with Crippen LogP contribution in [0.25, 0.3) is 132 Å². The molecule has 17 aromatic rings. The van der Waals surface area contributed by atoms with Gasteiger partial charge in [0.05, 0.1) is 148 Å². The first-order valence-electron chi connectivity index (χ1n) is 38.7. The summed E-state index contributed by atoms with van der Waals surface area (Å²) in [4.78, 5) is 34.5. The zero-order valence-corrected chi connectivity index (χ0v) is 72.9. The SMILES string of the molecule is CC1(C)OB(c2cnc3ccccc3c2)OC1(C)C.COc1cc2ncc3c(c(-c4ccc(C#N)cc4F)[nH]n3C)c2cc1=O.COc1cc2ncc3c(c(-c4ccc(C#N)cc4F)nn3C)c2cc1-c1cnc2ccccc2c1.COc1cc2ncc3c(c(-c4ccc(C#N)cc4F)nn3C)c2cc1OS(=O)(=O)C(F)(F)F.CS(=O)(=O)N(c1ccccc1)S(=O)(=O)C(F)(F)F. The maximum Gasteiger partial charge on any atom is 0.534 e. The second-order valence-electron chi connectivity index (χ2n) is 30.3. The molecule has 1 saturated heterocycles. The molecule has 666 valence electrons. The van der Waals surface area contributed by atoms with Crippen LogP contribution in [0.1, 0.15) is 44.4 Å². The van der Waals surface area contributed by atoms with Gasteiger partial charge in [0, 0.05) is 123 Å². The summed E-state index contributed by atoms with van der Waals surface area (Å²) in [6, 6.07) is 53.2. The molecule has 18 rings (SSSR count). The zero-order chi connectivity index (χ0) is 94.5. The molecular weight excluding hydrogens is 1780 g/mol. The molecule has 1 N–H and O–H groups in total. The van der Waals surface area contributed by atoms with E-state index in [0.29, 0.717) is 61.8 Å². The van der Waals surface area contributed by atoms with Crippen molar-refractivity contribution in [3.63, 3.8) is 0 Å². The maximum atomic E-state index is 15.0. The normalized spacial score (nSPS) is 13.1. The summed E-state index contributed by atoms with van der Waals surface area (Å²) in [5, 5.41) is 44.5. The van der Waals surface area contributed by atoms with Gasteiger partial charge in [-0.25, -0.2) is 21.6 Å². The summed E-state index contributed by atoms with van der Waals surface area (Å²) < 4.78 is 225. The van der Waals surface area contributed by atoms with E-state index in [1.165, 1.54) is 72.6 Å². The van der Waals surface area contributed by atoms with Crippen molar-refractivity contribution < 1.29 is 92.5 Å². The Hall–Kier alpha value is -15.1. The monoisotopic (exact) mass is 1850 g/mol. The number of hydrogen-bond acceptors (Lipinski definition) is 23. The van der Waals surface area contributed by atoms with Crippen LogP contribution < -0.4 is 33.0 Å². The van der Waals surface area contributed by atoms with Crippen LogP contribution in [0.5, 0.6) is 23.0 Å². The number of pyridine rings is 5. The maximum absolute atomic E-state index is 15.0. The van der Waals surface area contributed by atoms with Crippen molar-refractivity contribution in [1.82, 2.24) is 54.3 Å². The fourth-order valence-electron chi connectivity index (χ4n) is 14.3. The van der Waals surface area contributed by atoms with E-state index in [0.717, 1.165) is 91.6 Å². The molecule has 0 aliphatic carbocycles. The van der Waals surface area contributed by atoms with Gasteiger partial charge in [0.1, 0.15) is 34.6 Å². The molecule has 0 amide bonds. The van der Waals surface area contributed by atoms with Crippen molar-refractivity contribution in [2.45, 2.75) is 49.9 Å². The number of anilines is 1. The van der Waals surface area contributed by atoms with Crippen LogP contribution in [0.3, 0.4) is 0 Å². The van der Waals surface area contributed by atoms with E-state index in [1.54, 1.807) is 80.3 Å². The zero-order valence-electron chi connectivity index (χ0n) is 70.5. The van der Waals surface area contributed by atoms with E-state index in [1.807, 2.05) is 85.2 Å². The molecule has 0 bridgehead atoms. The van der Waals surface area contributed by atoms with Gasteiger partial charge in [0.15, 0.2) is 17.2 Å². The van der Waals surface area contributed by atoms with E-state index in [4.69, 9.17) is 39.3 Å². The second-order valence-corrected chi connectivity index (χ2v) is 35.6. The Morgan fingerprint density at radius 3 is 1.37 bits per heavy atom. The number of nitriles is 3. The molecule has 9 aromatic carbocycles. The highest BCUT2D eigenvalue weighted by molar-refractivity contribution is 8.10. The van der Waals surface area contributed by atoms with E-state index in [2.05, 4.69) is 90.3 Å². The van der Waals surface area contributed by atoms with Gasteiger partial charge in [-0.15, -0.1) is 0 Å². The van der Waals surface area contributed by atoms with Gasteiger partial charge in [-0.05, 0) is 136 Å². The van der Waals surface area contributed by atoms with Gasteiger partial charge in [-0.2, -0.15) is 72.9 Å². The minimum atomic E-state index is -6.00. The van der Waals surface area contributed by atoms with Gasteiger partial charge in [0.2, 0.25) is 15.5 Å². The Bertz CT molecular complexity index is 8030. The van der Waals surface area contributed by atoms with E-state index in [9.17, 15) is 65.2 Å². The minimum absolute atomic E-state index is 0.0216. The molecule has 1 aliphatic rings. The Morgan fingerprint density at radius 1 is 0.466 bits per heavy atom. The molecule has 41 heteroatoms. The molecular formula is C90H69BF9N15O13S3. The van der Waals surface area contributed by atoms with Crippen molar-refractivity contribution >= 4 is 136 Å². The third kappa shape index (κ3) is 18.0. The predicted molar refractivity (Wildman–Crippen MR) is 473 cm³/mol. The lowest BCUT2D eigenvalue weighted by atomic mass is 9.80. The summed E-state index contributed by atoms with van der Waals surface area (Å²) in [5.41, 5.74) is -2.54. The number of ether oxygens (including phenoxy) is 3. The lowest BCUT2D eigenvalue weighted by molar-refractivity contribution is -0.0501. The number of hydrogen-bond donors (Lipinski definition) is 1. The first-order valence-corrected chi connectivity index (χ1v) is 43.4. The predicted octanol–water partition coefficient (Wildman–Crippen LogP) is 17.0. The molecule has 0 atom stereocenters. The average molecular weight is 1850 g/mol. The molecule has 0 radical (unpaired) electrons. The number of rotatable bonds is 13. The molecule has 28 nitrogen and oxygen atoms in total. The molecule has 9 heterocycles. The third-order valence-electron chi connectivity index (χ3n) is 21.4. The van der Waals surface area contributed by atoms with Gasteiger partial charge in [-0.1, -0.05) is 60.7 Å². The molecule has 8 aromatic heterocycles. The van der Waals surface area contributed by atoms with Gasteiger partial charge < -0.3 is 27.7 Å². The lowest BCUT2D eigenvalue weighted by Gasteiger charge is -2.32. The van der Waals surface area contributed by atoms with Crippen LogP contribution >= 0.6 is 0 Å². The van der Waals surface area contributed by atoms with Gasteiger partial charge in [0.25, 0.3) is 0 Å². The number of nitrogens with one attached hydrogen (secondary N) is 1. The van der Waals surface area contributed by atoms with Crippen LogP contribution in [0.15, 0.2) is 218 Å². The van der Waals surface area contributed by atoms with Crippen molar-refractivity contribution in [2.75, 3.05) is 31.3 Å². The number of sulfonamides is 2. The fourth-order valence-corrected chi connectivity index (χ4v) is 17.5. The fraction of sp³-hybridized carbons (Fsp3) is 0.167. The average Bonchev–Trinajstić information content (AvgIpc) is 1.67. The molecule has 1 fully saturated rings. The first-order chi connectivity index (χ1) is 61.9. The van der Waals surface area contributed by atoms with Crippen LogP contribution in [-0.2, 0) is 60.6 Å². The van der Waals surface area contributed by atoms with Gasteiger partial charge in [-0.3, -0.25) is 48.9 Å². The largest absolute Gasteiger partial charge is 0.534 e. The van der Waals surface area contributed by atoms with Gasteiger partial charge >= 0.3 is 38.3 Å². The Balaban J connectivity index is 0.000000135. The smallest absolute Gasteiger partial charge is 0.496 e. The minimum Gasteiger partial charge on any atom is -0.496 e. The van der Waals surface area contributed by atoms with E-state index in [-0.39, 0.29) is 79.5 Å². The van der Waals surface area contributed by atoms with Crippen LogP contribution in [0.4, 0.5) is 45.2 Å². The number of aromatic nitrogens is 11. The lowest BCUT2D eigenvalue weighted by Crippen LogP contribution is -2.44. The van der Waals surface area contributed by atoms with Crippen molar-refractivity contribution in [3.05, 3.63) is 257 Å². The van der Waals surface area contributed by atoms with Crippen LogP contribution in [-0.4, -0.2) is 136 Å². The molecule has 0 spiro atoms. The van der Waals surface area contributed by atoms with E-state index >= 15 is 4.39 Å². The highest BCUT2D eigenvalue weighted by Gasteiger charge is 2.54. The third-order valence-corrected chi connectivity index (χ3v) is 25.8. The number of halogens is 9. The van der Waals surface area contributed by atoms with Crippen molar-refractivity contribution in [2.24, 2.45) is 21.1 Å². The van der Waals surface area contributed by atoms with Crippen LogP contribution in [0, 0.1) is 51.4 Å². The molecule has 0 saturated carbocycles. The molecule has 131 heavy (non-hydrogen) atoms. The van der Waals surface area contributed by atoms with Crippen molar-refractivity contribution in [1.29, 1.82) is 15.8 Å². The standard InChI is InChI=1S/C28H18FN5O.C20H12F4N4O4S.C19H13FN4O2.C15H18BNO2.C8H8F3NO4S2/c1-34-25-15-32-24-12-26(35-2)20(18-10-17-5-3-4-6-23(17)31-14-18)11-21(24)27(25)28(33-34)19-8-7-16(13-30)9-22(19)29;1-28-15-9-26-14-7-16(31-2)17(32-33(29,30)20(22,23)24)6-12(14)18(15)19(27-28)11-4-3-10(8-25)5-13(11)21;1-24-15-9-22-14-7-17(26-2)16(25)6-12(14)18(15)19(23-24)11-4-3-10(8-21)5-13(11)20;1-14(2)15(3,4)19-16(18-14)12-9-11-7-5-6-8-13(11)17-10-12;1-17(13,14)12(7-5-3-2-4-6-7)18(15,16)8(9,10)11/h3-12,14-15H,1-2H3;3-7,9H,1-2H3;3-7,9,23H,1-2H3;5-10H,1-4H3;2-6H,1H3. The van der Waals surface area contributed by atoms with E-state index < -0.39 is 73.8 Å². The summed E-state index contributed by atoms with van der Waals surface area (Å²) in [7, 11) is -7.67. The quantitative estimate of drug-likeness (QED) is 0.0485. The number of aromatic amines is 1. The highest BCUT2D eigenvalue weighted by Crippen LogP contribution is 2.45. The summed E-state index contributed by atoms with van der Waals surface area (Å²) >= 11 is 0. The Kier molecular flexibility index (Phi) is 25.0. The number of fused-ring (bicyclic) bond motifs is 11.